The molecular weight excluding hydrogens is 304 g/mol. The Morgan fingerprint density at radius 3 is 3.05 bits per heavy atom. The molecule has 0 unspecified atom stereocenters. The lowest BCUT2D eigenvalue weighted by Gasteiger charge is -2.31. The molecule has 0 aliphatic carbocycles. The molecule has 0 amide bonds. The van der Waals surface area contributed by atoms with Gasteiger partial charge in [0.1, 0.15) is 12.2 Å². The van der Waals surface area contributed by atoms with Crippen LogP contribution in [0.15, 0.2) is 24.4 Å². The number of ether oxygens (including phenoxy) is 2. The molecule has 22 heavy (non-hydrogen) atoms. The van der Waals surface area contributed by atoms with Gasteiger partial charge >= 0.3 is 0 Å². The van der Waals surface area contributed by atoms with Gasteiger partial charge in [0.25, 0.3) is 0 Å². The Labute approximate surface area is 131 Å². The van der Waals surface area contributed by atoms with Gasteiger partial charge < -0.3 is 9.47 Å². The fraction of sp³-hybridized carbons (Fsp3) is 0.667. The molecule has 6 nitrogen and oxygen atoms in total. The third kappa shape index (κ3) is 3.11. The number of rotatable bonds is 5. The highest BCUT2D eigenvalue weighted by Crippen LogP contribution is 2.33. The molecule has 3 rings (SSSR count). The zero-order valence-corrected chi connectivity index (χ0v) is 13.5. The molecular formula is C15H22N2O4S. The van der Waals surface area contributed by atoms with E-state index in [0.29, 0.717) is 25.5 Å². The average Bonchev–Trinajstić information content (AvgIpc) is 2.88. The monoisotopic (exact) mass is 326 g/mol. The Bertz CT molecular complexity index is 593. The van der Waals surface area contributed by atoms with Crippen molar-refractivity contribution in [2.75, 3.05) is 18.9 Å². The second-order valence-electron chi connectivity index (χ2n) is 5.75. The number of aromatic nitrogens is 1. The van der Waals surface area contributed by atoms with E-state index in [-0.39, 0.29) is 24.0 Å². The van der Waals surface area contributed by atoms with Crippen molar-refractivity contribution in [1.29, 1.82) is 0 Å². The summed E-state index contributed by atoms with van der Waals surface area (Å²) >= 11 is 0. The van der Waals surface area contributed by atoms with E-state index >= 15 is 0 Å². The summed E-state index contributed by atoms with van der Waals surface area (Å²) in [4.78, 5) is 4.16. The van der Waals surface area contributed by atoms with Crippen LogP contribution in [0.25, 0.3) is 0 Å². The molecule has 2 fully saturated rings. The molecule has 3 atom stereocenters. The van der Waals surface area contributed by atoms with Gasteiger partial charge in [0.2, 0.25) is 15.9 Å². The van der Waals surface area contributed by atoms with Crippen LogP contribution in [-0.4, -0.2) is 54.9 Å². The second-order valence-corrected chi connectivity index (χ2v) is 7.80. The van der Waals surface area contributed by atoms with Gasteiger partial charge in [-0.25, -0.2) is 13.4 Å². The lowest BCUT2D eigenvalue weighted by atomic mass is 10.0. The average molecular weight is 326 g/mol. The Hall–Kier alpha value is -1.18. The van der Waals surface area contributed by atoms with E-state index in [9.17, 15) is 8.42 Å². The zero-order chi connectivity index (χ0) is 15.6. The number of hydrogen-bond donors (Lipinski definition) is 0. The van der Waals surface area contributed by atoms with Crippen LogP contribution in [0.2, 0.25) is 0 Å². The highest BCUT2D eigenvalue weighted by molar-refractivity contribution is 7.89. The van der Waals surface area contributed by atoms with Crippen molar-refractivity contribution in [3.05, 3.63) is 24.4 Å². The predicted octanol–water partition coefficient (Wildman–Crippen LogP) is 1.43. The zero-order valence-electron chi connectivity index (χ0n) is 12.7. The fourth-order valence-electron chi connectivity index (χ4n) is 3.24. The number of sulfonamides is 1. The van der Waals surface area contributed by atoms with Gasteiger partial charge in [0.05, 0.1) is 18.3 Å². The van der Waals surface area contributed by atoms with E-state index in [0.717, 1.165) is 12.8 Å². The van der Waals surface area contributed by atoms with Crippen LogP contribution in [0.3, 0.4) is 0 Å². The van der Waals surface area contributed by atoms with Crippen LogP contribution in [0.4, 0.5) is 0 Å². The predicted molar refractivity (Wildman–Crippen MR) is 82.2 cm³/mol. The molecule has 2 aliphatic rings. The van der Waals surface area contributed by atoms with Crippen LogP contribution in [-0.2, 0) is 14.8 Å². The first kappa shape index (κ1) is 15.7. The van der Waals surface area contributed by atoms with Gasteiger partial charge in [-0.3, -0.25) is 0 Å². The Morgan fingerprint density at radius 1 is 1.45 bits per heavy atom. The van der Waals surface area contributed by atoms with Gasteiger partial charge in [-0.05, 0) is 25.3 Å². The summed E-state index contributed by atoms with van der Waals surface area (Å²) in [5.74, 6) is 0.683. The van der Waals surface area contributed by atoms with Crippen LogP contribution in [0.1, 0.15) is 26.2 Å². The summed E-state index contributed by atoms with van der Waals surface area (Å²) in [6, 6.07) is 5.33. The maximum Gasteiger partial charge on any atom is 0.214 e. The molecule has 122 valence electrons. The minimum Gasteiger partial charge on any atom is -0.470 e. The summed E-state index contributed by atoms with van der Waals surface area (Å²) in [5.41, 5.74) is 0. The molecule has 0 N–H and O–H groups in total. The SMILES string of the molecule is CCCS(=O)(=O)N1C[C@@H](Oc2ccccn2)[C@@H]2OCCC[C@@H]21. The maximum absolute atomic E-state index is 12.5. The van der Waals surface area contributed by atoms with Crippen LogP contribution >= 0.6 is 0 Å². The molecule has 0 radical (unpaired) electrons. The van der Waals surface area contributed by atoms with Crippen LogP contribution in [0.5, 0.6) is 5.88 Å². The van der Waals surface area contributed by atoms with E-state index < -0.39 is 10.0 Å². The molecule has 2 aliphatic heterocycles. The van der Waals surface area contributed by atoms with Gasteiger partial charge in [-0.15, -0.1) is 0 Å². The minimum atomic E-state index is -3.25. The maximum atomic E-state index is 12.5. The topological polar surface area (TPSA) is 68.7 Å². The highest BCUT2D eigenvalue weighted by Gasteiger charge is 2.49. The van der Waals surface area contributed by atoms with Gasteiger partial charge in [0, 0.05) is 18.9 Å². The molecule has 3 heterocycles. The van der Waals surface area contributed by atoms with Gasteiger partial charge in [-0.1, -0.05) is 13.0 Å². The normalized spacial score (nSPS) is 29.2. The fourth-order valence-corrected chi connectivity index (χ4v) is 5.00. The summed E-state index contributed by atoms with van der Waals surface area (Å²) < 4.78 is 38.3. The van der Waals surface area contributed by atoms with Gasteiger partial charge in [0.15, 0.2) is 0 Å². The standard InChI is InChI=1S/C15H22N2O4S/c1-2-10-22(18,19)17-11-13(15-12(17)6-5-9-20-15)21-14-7-3-4-8-16-14/h3-4,7-8,12-13,15H,2,5-6,9-11H2,1H3/t12-,13+,15+/m0/s1. The molecule has 1 aromatic heterocycles. The van der Waals surface area contributed by atoms with Crippen molar-refractivity contribution in [3.8, 4) is 5.88 Å². The first-order valence-electron chi connectivity index (χ1n) is 7.80. The Balaban J connectivity index is 1.80. The van der Waals surface area contributed by atoms with Crippen molar-refractivity contribution < 1.29 is 17.9 Å². The largest absolute Gasteiger partial charge is 0.470 e. The number of fused-ring (bicyclic) bond motifs is 1. The molecule has 2 saturated heterocycles. The van der Waals surface area contributed by atoms with E-state index in [1.54, 1.807) is 16.6 Å². The van der Waals surface area contributed by atoms with E-state index in [4.69, 9.17) is 9.47 Å². The van der Waals surface area contributed by atoms with E-state index in [1.165, 1.54) is 0 Å². The minimum absolute atomic E-state index is 0.112. The second kappa shape index (κ2) is 6.52. The lowest BCUT2D eigenvalue weighted by Crippen LogP contribution is -2.44. The molecule has 0 spiro atoms. The molecule has 0 saturated carbocycles. The third-order valence-corrected chi connectivity index (χ3v) is 6.22. The molecule has 7 heteroatoms. The quantitative estimate of drug-likeness (QED) is 0.819. The summed E-state index contributed by atoms with van der Waals surface area (Å²) in [7, 11) is -3.25. The van der Waals surface area contributed by atoms with Crippen molar-refractivity contribution in [1.82, 2.24) is 9.29 Å². The number of nitrogens with zero attached hydrogens (tertiary/aromatic N) is 2. The third-order valence-electron chi connectivity index (χ3n) is 4.16. The van der Waals surface area contributed by atoms with Crippen LogP contribution in [0, 0.1) is 0 Å². The van der Waals surface area contributed by atoms with Crippen LogP contribution < -0.4 is 4.74 Å². The van der Waals surface area contributed by atoms with Crippen molar-refractivity contribution >= 4 is 10.0 Å². The number of hydrogen-bond acceptors (Lipinski definition) is 5. The van der Waals surface area contributed by atoms with Crippen molar-refractivity contribution in [3.63, 3.8) is 0 Å². The summed E-state index contributed by atoms with van der Waals surface area (Å²) in [5, 5.41) is 0. The molecule has 0 aromatic carbocycles. The number of pyridine rings is 1. The van der Waals surface area contributed by atoms with E-state index in [1.807, 2.05) is 19.1 Å². The summed E-state index contributed by atoms with van der Waals surface area (Å²) in [6.07, 6.45) is 3.48. The first-order valence-corrected chi connectivity index (χ1v) is 9.41. The van der Waals surface area contributed by atoms with Crippen molar-refractivity contribution in [2.45, 2.75) is 44.4 Å². The van der Waals surface area contributed by atoms with Gasteiger partial charge in [-0.2, -0.15) is 4.31 Å². The molecule has 1 aromatic rings. The smallest absolute Gasteiger partial charge is 0.214 e. The lowest BCUT2D eigenvalue weighted by molar-refractivity contribution is -0.0426. The van der Waals surface area contributed by atoms with Crippen molar-refractivity contribution in [2.24, 2.45) is 0 Å². The molecule has 0 bridgehead atoms. The first-order chi connectivity index (χ1) is 10.6. The Kier molecular flexibility index (Phi) is 4.65. The highest BCUT2D eigenvalue weighted by atomic mass is 32.2. The van der Waals surface area contributed by atoms with E-state index in [2.05, 4.69) is 4.98 Å². The summed E-state index contributed by atoms with van der Waals surface area (Å²) in [6.45, 7) is 2.88. The Morgan fingerprint density at radius 2 is 2.32 bits per heavy atom.